The van der Waals surface area contributed by atoms with E-state index in [1.54, 1.807) is 36.1 Å². The van der Waals surface area contributed by atoms with Gasteiger partial charge in [-0.15, -0.1) is 0 Å². The maximum Gasteiger partial charge on any atom is 0.336 e. The van der Waals surface area contributed by atoms with Gasteiger partial charge in [-0.25, -0.2) is 16.2 Å². The summed E-state index contributed by atoms with van der Waals surface area (Å²) in [5, 5.41) is 5.07. The number of hydrazone groups is 1. The minimum Gasteiger partial charge on any atom is -0.481 e. The Balaban J connectivity index is 1.54. The van der Waals surface area contributed by atoms with E-state index in [0.717, 1.165) is 18.4 Å². The van der Waals surface area contributed by atoms with Crippen LogP contribution in [0, 0.1) is 5.92 Å². The first-order valence-electron chi connectivity index (χ1n) is 10.9. The number of hydrogen-bond donors (Lipinski definition) is 3. The minimum absolute atomic E-state index is 0.0703. The highest BCUT2D eigenvalue weighted by atomic mass is 35.5. The number of halogens is 1. The lowest BCUT2D eigenvalue weighted by atomic mass is 9.96. The first-order valence-corrected chi connectivity index (χ1v) is 11.3. The van der Waals surface area contributed by atoms with Crippen molar-refractivity contribution in [2.24, 2.45) is 22.6 Å². The Hall–Kier alpha value is -3.56. The number of carbonyl (C=O) groups excluding carboxylic acids is 1. The SMILES string of the molecule is CC(Oc1ccc2c(-c3ccccc3Cl)cc(=O)oc2c1)C(=O)N1CCCC(/C(N)=N/NN)C1. The number of nitrogens with two attached hydrogens (primary N) is 2. The number of carbonyl (C=O) groups is 1. The molecule has 0 radical (unpaired) electrons. The van der Waals surface area contributed by atoms with E-state index in [1.807, 2.05) is 18.2 Å². The zero-order chi connectivity index (χ0) is 24.2. The van der Waals surface area contributed by atoms with Crippen LogP contribution >= 0.6 is 11.6 Å². The van der Waals surface area contributed by atoms with Gasteiger partial charge in [-0.3, -0.25) is 4.79 Å². The number of benzene rings is 2. The van der Waals surface area contributed by atoms with Crippen molar-refractivity contribution in [3.8, 4) is 16.9 Å². The van der Waals surface area contributed by atoms with Crippen molar-refractivity contribution in [3.05, 3.63) is 64.0 Å². The molecule has 1 amide bonds. The summed E-state index contributed by atoms with van der Waals surface area (Å²) in [5.41, 5.74) is 9.37. The number of piperidine rings is 1. The number of hydrogen-bond acceptors (Lipinski definition) is 7. The molecule has 0 aliphatic carbocycles. The Kier molecular flexibility index (Phi) is 7.04. The summed E-state index contributed by atoms with van der Waals surface area (Å²) < 4.78 is 11.3. The Morgan fingerprint density at radius 1 is 1.26 bits per heavy atom. The van der Waals surface area contributed by atoms with E-state index < -0.39 is 11.7 Å². The maximum absolute atomic E-state index is 13.0. The highest BCUT2D eigenvalue weighted by Gasteiger charge is 2.29. The van der Waals surface area contributed by atoms with Crippen LogP contribution in [-0.4, -0.2) is 35.8 Å². The van der Waals surface area contributed by atoms with E-state index in [2.05, 4.69) is 10.6 Å². The number of likely N-dealkylation sites (tertiary alicyclic amines) is 1. The molecule has 2 unspecified atom stereocenters. The summed E-state index contributed by atoms with van der Waals surface area (Å²) in [4.78, 5) is 27.0. The molecule has 2 heterocycles. The molecule has 10 heteroatoms. The van der Waals surface area contributed by atoms with Crippen LogP contribution in [0.4, 0.5) is 0 Å². The molecule has 178 valence electrons. The Labute approximate surface area is 201 Å². The van der Waals surface area contributed by atoms with Crippen LogP contribution in [0.25, 0.3) is 22.1 Å². The van der Waals surface area contributed by atoms with Gasteiger partial charge in [-0.05, 0) is 38.0 Å². The van der Waals surface area contributed by atoms with Gasteiger partial charge in [0.2, 0.25) is 0 Å². The Morgan fingerprint density at radius 3 is 2.82 bits per heavy atom. The fourth-order valence-electron chi connectivity index (χ4n) is 4.22. The molecule has 1 fully saturated rings. The van der Waals surface area contributed by atoms with Gasteiger partial charge >= 0.3 is 5.63 Å². The number of fused-ring (bicyclic) bond motifs is 1. The molecule has 1 saturated heterocycles. The predicted molar refractivity (Wildman–Crippen MR) is 131 cm³/mol. The third-order valence-electron chi connectivity index (χ3n) is 5.89. The summed E-state index contributed by atoms with van der Waals surface area (Å²) in [6.07, 6.45) is 0.879. The van der Waals surface area contributed by atoms with Gasteiger partial charge in [0, 0.05) is 52.7 Å². The van der Waals surface area contributed by atoms with Crippen molar-refractivity contribution in [1.29, 1.82) is 0 Å². The third-order valence-corrected chi connectivity index (χ3v) is 6.22. The fraction of sp³-hybridized carbons (Fsp3) is 0.292. The molecular formula is C24H26ClN5O4. The quantitative estimate of drug-likeness (QED) is 0.161. The average Bonchev–Trinajstić information content (AvgIpc) is 2.83. The van der Waals surface area contributed by atoms with Crippen molar-refractivity contribution in [2.75, 3.05) is 13.1 Å². The molecule has 1 aromatic heterocycles. The average molecular weight is 484 g/mol. The third kappa shape index (κ3) is 5.00. The van der Waals surface area contributed by atoms with Crippen molar-refractivity contribution >= 4 is 34.3 Å². The van der Waals surface area contributed by atoms with Crippen LogP contribution < -0.4 is 27.5 Å². The predicted octanol–water partition coefficient (Wildman–Crippen LogP) is 2.85. The second kappa shape index (κ2) is 10.1. The fourth-order valence-corrected chi connectivity index (χ4v) is 4.45. The van der Waals surface area contributed by atoms with Crippen molar-refractivity contribution in [3.63, 3.8) is 0 Å². The Morgan fingerprint density at radius 2 is 2.06 bits per heavy atom. The highest BCUT2D eigenvalue weighted by molar-refractivity contribution is 6.33. The van der Waals surface area contributed by atoms with E-state index in [0.29, 0.717) is 46.2 Å². The standard InChI is InChI=1S/C24H26ClN5O4/c1-14(24(32)30-10-4-5-15(13-30)23(26)28-29-27)33-16-8-9-18-19(12-22(31)34-21(18)11-16)17-6-2-3-7-20(17)25/h2-3,6-9,11-12,14-15,29H,4-5,10,13,27H2,1H3,(H2,26,28). The zero-order valence-corrected chi connectivity index (χ0v) is 19.4. The van der Waals surface area contributed by atoms with Crippen LogP contribution in [0.1, 0.15) is 19.8 Å². The van der Waals surface area contributed by atoms with Crippen molar-refractivity contribution < 1.29 is 13.9 Å². The molecule has 0 bridgehead atoms. The summed E-state index contributed by atoms with van der Waals surface area (Å²) >= 11 is 6.34. The normalized spacial score (nSPS) is 17.4. The molecule has 9 nitrogen and oxygen atoms in total. The number of amides is 1. The van der Waals surface area contributed by atoms with Crippen LogP contribution in [0.15, 0.2) is 62.8 Å². The maximum atomic E-state index is 13.0. The molecule has 5 N–H and O–H groups in total. The molecule has 1 aliphatic rings. The topological polar surface area (TPSA) is 136 Å². The van der Waals surface area contributed by atoms with Gasteiger partial charge in [0.15, 0.2) is 6.10 Å². The summed E-state index contributed by atoms with van der Waals surface area (Å²) in [7, 11) is 0. The first-order chi connectivity index (χ1) is 16.4. The van der Waals surface area contributed by atoms with Crippen LogP contribution in [-0.2, 0) is 4.79 Å². The monoisotopic (exact) mass is 483 g/mol. The number of ether oxygens (including phenoxy) is 1. The number of hydrazine groups is 1. The zero-order valence-electron chi connectivity index (χ0n) is 18.7. The molecule has 34 heavy (non-hydrogen) atoms. The van der Waals surface area contributed by atoms with Crippen LogP contribution in [0.3, 0.4) is 0 Å². The molecule has 2 aromatic carbocycles. The number of amidine groups is 1. The number of nitrogens with one attached hydrogen (secondary N) is 1. The molecule has 3 aromatic rings. The minimum atomic E-state index is -0.750. The van der Waals surface area contributed by atoms with Gasteiger partial charge in [0.1, 0.15) is 17.2 Å². The molecular weight excluding hydrogens is 458 g/mol. The summed E-state index contributed by atoms with van der Waals surface area (Å²) in [6, 6.07) is 13.8. The van der Waals surface area contributed by atoms with Crippen LogP contribution in [0.5, 0.6) is 5.75 Å². The second-order valence-electron chi connectivity index (χ2n) is 8.17. The van der Waals surface area contributed by atoms with Crippen molar-refractivity contribution in [2.45, 2.75) is 25.9 Å². The first kappa shape index (κ1) is 23.6. The molecule has 0 saturated carbocycles. The number of nitrogens with zero attached hydrogens (tertiary/aromatic N) is 2. The Bertz CT molecular complexity index is 1290. The van der Waals surface area contributed by atoms with Gasteiger partial charge in [0.05, 0.1) is 0 Å². The molecule has 4 rings (SSSR count). The largest absolute Gasteiger partial charge is 0.481 e. The van der Waals surface area contributed by atoms with Crippen molar-refractivity contribution in [1.82, 2.24) is 10.4 Å². The van der Waals surface area contributed by atoms with E-state index in [9.17, 15) is 9.59 Å². The van der Waals surface area contributed by atoms with Gasteiger partial charge in [-0.1, -0.05) is 29.8 Å². The number of rotatable bonds is 6. The van der Waals surface area contributed by atoms with E-state index in [-0.39, 0.29) is 11.8 Å². The molecule has 1 aliphatic heterocycles. The lowest BCUT2D eigenvalue weighted by Gasteiger charge is -2.33. The van der Waals surface area contributed by atoms with E-state index in [1.165, 1.54) is 6.07 Å². The van der Waals surface area contributed by atoms with Gasteiger partial charge < -0.3 is 19.8 Å². The second-order valence-corrected chi connectivity index (χ2v) is 8.57. The summed E-state index contributed by atoms with van der Waals surface area (Å²) in [6.45, 7) is 2.74. The van der Waals surface area contributed by atoms with E-state index >= 15 is 0 Å². The lowest BCUT2D eigenvalue weighted by Crippen LogP contribution is -2.48. The smallest absolute Gasteiger partial charge is 0.336 e. The lowest BCUT2D eigenvalue weighted by molar-refractivity contribution is -0.139. The molecule has 0 spiro atoms. The van der Waals surface area contributed by atoms with Gasteiger partial charge in [-0.2, -0.15) is 5.10 Å². The van der Waals surface area contributed by atoms with Crippen LogP contribution in [0.2, 0.25) is 5.02 Å². The highest BCUT2D eigenvalue weighted by Crippen LogP contribution is 2.34. The molecule has 2 atom stereocenters. The van der Waals surface area contributed by atoms with Gasteiger partial charge in [0.25, 0.3) is 5.91 Å². The summed E-state index contributed by atoms with van der Waals surface area (Å²) in [5.74, 6) is 5.76. The van der Waals surface area contributed by atoms with E-state index in [4.69, 9.17) is 32.3 Å².